The molecule has 2 rings (SSSR count). The normalized spacial score (nSPS) is 16.3. The van der Waals surface area contributed by atoms with Gasteiger partial charge in [-0.3, -0.25) is 10.6 Å². The topological polar surface area (TPSA) is 76.7 Å². The highest BCUT2D eigenvalue weighted by Gasteiger charge is 3.01. The highest BCUT2D eigenvalue weighted by molar-refractivity contribution is 5.85. The summed E-state index contributed by atoms with van der Waals surface area (Å²) in [6.45, 7) is -0.170. The van der Waals surface area contributed by atoms with E-state index in [1.807, 2.05) is 0 Å². The monoisotopic (exact) mass is 1510 g/mol. The summed E-state index contributed by atoms with van der Waals surface area (Å²) in [6.07, 6.45) is -34.3. The average molecular weight is 1510 g/mol. The predicted molar refractivity (Wildman–Crippen MR) is 215 cm³/mol. The van der Waals surface area contributed by atoms with Crippen LogP contribution in [0.4, 0.5) is 223 Å². The SMILES string of the molecule is CC(CC(F)(F)C(F)(F)C(F)(F)C(F)(F)C(F)(F)C(F)(F)C(F)(F)C(F)(F)C(F)(F)C(F)(F)C(F)(F)F)OC(=O)Nc1ccc(Cc2ccc(NC(=O)OC(C)CC(F)(F)C(F)(F)C(F)(F)C(F)(F)C(F)(F)C(F)(F)C(F)(F)C(F)(F)C(F)(F)C(F)(F)C(F)(F)F)cc2)cc1. The van der Waals surface area contributed by atoms with Crippen LogP contribution >= 0.6 is 0 Å². The molecule has 0 aliphatic carbocycles. The van der Waals surface area contributed by atoms with Crippen molar-refractivity contribution in [3.8, 4) is 0 Å². The number of hydrogen-bond donors (Lipinski definition) is 2. The number of carbonyl (C=O) groups is 2. The average Bonchev–Trinajstić information content (AvgIpc) is 0.692. The third-order valence-electron chi connectivity index (χ3n) is 12.5. The molecule has 2 aromatic rings. The second-order valence-electron chi connectivity index (χ2n) is 19.4. The predicted octanol–water partition coefficient (Wildman–Crippen LogP) is 19.8. The summed E-state index contributed by atoms with van der Waals surface area (Å²) in [7, 11) is 0. The van der Waals surface area contributed by atoms with Gasteiger partial charge in [0.2, 0.25) is 0 Å². The zero-order chi connectivity index (χ0) is 76.2. The molecule has 2 aromatic carbocycles. The van der Waals surface area contributed by atoms with E-state index in [2.05, 4.69) is 9.47 Å². The minimum atomic E-state index is -9.65. The van der Waals surface area contributed by atoms with Crippen LogP contribution in [-0.2, 0) is 15.9 Å². The maximum absolute atomic E-state index is 14.5. The van der Waals surface area contributed by atoms with Crippen molar-refractivity contribution in [3.05, 3.63) is 59.7 Å². The summed E-state index contributed by atoms with van der Waals surface area (Å²) in [5.74, 6) is -181. The molecule has 95 heavy (non-hydrogen) atoms. The van der Waals surface area contributed by atoms with Crippen LogP contribution in [0.5, 0.6) is 0 Å². The fraction of sp³-hybridized carbons (Fsp3) is 0.674. The van der Waals surface area contributed by atoms with Crippen LogP contribution in [0.3, 0.4) is 0 Å². The number of amides is 2. The molecule has 0 saturated heterocycles. The molecule has 2 amide bonds. The number of hydrogen-bond acceptors (Lipinski definition) is 4. The highest BCUT2D eigenvalue weighted by atomic mass is 19.5. The van der Waals surface area contributed by atoms with Gasteiger partial charge in [0, 0.05) is 11.4 Å². The number of nitrogens with one attached hydrogen (secondary N) is 2. The van der Waals surface area contributed by atoms with Crippen molar-refractivity contribution in [2.24, 2.45) is 0 Å². The van der Waals surface area contributed by atoms with Crippen molar-refractivity contribution in [2.45, 2.75) is 176 Å². The number of carbonyl (C=O) groups excluding carboxylic acids is 2. The molecule has 0 bridgehead atoms. The van der Waals surface area contributed by atoms with Gasteiger partial charge in [0.25, 0.3) is 0 Å². The minimum Gasteiger partial charge on any atom is -0.446 e. The van der Waals surface area contributed by atoms with Crippen LogP contribution in [0.15, 0.2) is 48.5 Å². The van der Waals surface area contributed by atoms with Crippen LogP contribution in [0.25, 0.3) is 0 Å². The van der Waals surface area contributed by atoms with Crippen LogP contribution in [0.1, 0.15) is 37.8 Å². The summed E-state index contributed by atoms with van der Waals surface area (Å²) in [4.78, 5) is 24.4. The van der Waals surface area contributed by atoms with E-state index in [-0.39, 0.29) is 31.4 Å². The first kappa shape index (κ1) is 84.8. The van der Waals surface area contributed by atoms with Gasteiger partial charge in [0.15, 0.2) is 0 Å². The van der Waals surface area contributed by atoms with Gasteiger partial charge in [0.05, 0.1) is 12.8 Å². The van der Waals surface area contributed by atoms with Crippen LogP contribution in [-0.4, -0.2) is 155 Å². The standard InChI is InChI=1S/C43H24F46N2O4/c1-14(12-22(44,45)24(48,49)26(52,53)28(56,57)30(60,61)32(64,65)34(68,69)36(72,73)38(76,77)40(80,81)42(84,85)86)94-20(92)90-18-7-3-16(4-8-18)11-17-5-9-19(10-6-17)91-21(93)95-15(2)13-23(46,47)25(50,51)27(54,55)29(58,59)31(62,63)33(66,67)35(70,71)37(74,75)39(78,79)41(82,83)43(87,88)89/h3-10,14-15H,11-13H2,1-2H3,(H,90,92)(H,91,93). The fourth-order valence-electron chi connectivity index (χ4n) is 6.95. The zero-order valence-corrected chi connectivity index (χ0v) is 43.9. The first-order chi connectivity index (χ1) is 41.2. The molecule has 0 saturated carbocycles. The van der Waals surface area contributed by atoms with Gasteiger partial charge in [-0.05, 0) is 55.7 Å². The lowest BCUT2D eigenvalue weighted by molar-refractivity contribution is -0.478. The van der Waals surface area contributed by atoms with Crippen LogP contribution in [0, 0.1) is 0 Å². The molecule has 0 radical (unpaired) electrons. The van der Waals surface area contributed by atoms with Crippen molar-refractivity contribution in [2.75, 3.05) is 10.6 Å². The Labute approximate surface area is 491 Å². The summed E-state index contributed by atoms with van der Waals surface area (Å²) in [6, 6.07) is 6.82. The largest absolute Gasteiger partial charge is 0.460 e. The number of benzene rings is 2. The van der Waals surface area contributed by atoms with E-state index in [9.17, 15) is 212 Å². The van der Waals surface area contributed by atoms with Crippen molar-refractivity contribution in [3.63, 3.8) is 0 Å². The Balaban J connectivity index is 2.21. The summed E-state index contributed by atoms with van der Waals surface area (Å²) < 4.78 is 641. The lowest BCUT2D eigenvalue weighted by atomic mass is 9.84. The number of anilines is 2. The minimum absolute atomic E-state index is 0.0439. The van der Waals surface area contributed by atoms with Crippen LogP contribution < -0.4 is 10.6 Å². The van der Waals surface area contributed by atoms with Gasteiger partial charge in [0.1, 0.15) is 12.2 Å². The van der Waals surface area contributed by atoms with E-state index >= 15 is 0 Å². The molecule has 6 nitrogen and oxygen atoms in total. The quantitative estimate of drug-likeness (QED) is 0.0833. The molecule has 0 heterocycles. The third-order valence-corrected chi connectivity index (χ3v) is 12.5. The Hall–Kier alpha value is -6.24. The fourth-order valence-corrected chi connectivity index (χ4v) is 6.95. The molecule has 2 unspecified atom stereocenters. The summed E-state index contributed by atoms with van der Waals surface area (Å²) >= 11 is 0. The first-order valence-corrected chi connectivity index (χ1v) is 23.0. The maximum Gasteiger partial charge on any atom is 0.460 e. The molecule has 2 N–H and O–H groups in total. The van der Waals surface area contributed by atoms with Crippen molar-refractivity contribution >= 4 is 23.6 Å². The molecule has 0 aliphatic rings. The van der Waals surface area contributed by atoms with Gasteiger partial charge in [-0.15, -0.1) is 0 Å². The van der Waals surface area contributed by atoms with Gasteiger partial charge in [-0.2, -0.15) is 202 Å². The van der Waals surface area contributed by atoms with Crippen molar-refractivity contribution in [1.29, 1.82) is 0 Å². The Morgan fingerprint density at radius 1 is 0.274 bits per heavy atom. The Bertz CT molecular complexity index is 2820. The lowest BCUT2D eigenvalue weighted by Crippen LogP contribution is -2.77. The van der Waals surface area contributed by atoms with E-state index in [0.717, 1.165) is 48.5 Å². The van der Waals surface area contributed by atoms with E-state index in [4.69, 9.17) is 0 Å². The van der Waals surface area contributed by atoms with E-state index in [1.165, 1.54) is 0 Å². The molecule has 0 fully saturated rings. The molecule has 0 aliphatic heterocycles. The van der Waals surface area contributed by atoms with Gasteiger partial charge in [-0.25, -0.2) is 9.59 Å². The van der Waals surface area contributed by atoms with Crippen LogP contribution in [0.2, 0.25) is 0 Å². The second kappa shape index (κ2) is 24.3. The highest BCUT2D eigenvalue weighted by Crippen LogP contribution is 2.70. The molecular weight excluding hydrogens is 1480 g/mol. The molecule has 2 atom stereocenters. The summed E-state index contributed by atoms with van der Waals surface area (Å²) in [5.41, 5.74) is -1.14. The van der Waals surface area contributed by atoms with Gasteiger partial charge in [-0.1, -0.05) is 24.3 Å². The molecule has 552 valence electrons. The smallest absolute Gasteiger partial charge is 0.446 e. The zero-order valence-electron chi connectivity index (χ0n) is 43.9. The van der Waals surface area contributed by atoms with E-state index < -0.39 is 179 Å². The third kappa shape index (κ3) is 12.9. The number of halogens is 46. The van der Waals surface area contributed by atoms with Gasteiger partial charge < -0.3 is 9.47 Å². The first-order valence-electron chi connectivity index (χ1n) is 23.0. The van der Waals surface area contributed by atoms with Gasteiger partial charge >= 0.3 is 143 Å². The Morgan fingerprint density at radius 3 is 0.600 bits per heavy atom. The maximum atomic E-state index is 14.5. The van der Waals surface area contributed by atoms with Crippen molar-refractivity contribution in [1.82, 2.24) is 0 Å². The molecule has 0 aromatic heterocycles. The van der Waals surface area contributed by atoms with E-state index in [1.54, 1.807) is 10.6 Å². The molecule has 52 heteroatoms. The molecular formula is C43H24F46N2O4. The second-order valence-corrected chi connectivity index (χ2v) is 19.4. The number of alkyl halides is 46. The number of ether oxygens (including phenoxy) is 2. The lowest BCUT2D eigenvalue weighted by Gasteiger charge is -2.45. The van der Waals surface area contributed by atoms with Crippen molar-refractivity contribution < 1.29 is 221 Å². The summed E-state index contributed by atoms with van der Waals surface area (Å²) in [5, 5.41) is 3.09. The molecule has 0 spiro atoms. The Morgan fingerprint density at radius 2 is 0.432 bits per heavy atom. The number of rotatable bonds is 28. The Kier molecular flexibility index (Phi) is 21.7. The van der Waals surface area contributed by atoms with E-state index in [0.29, 0.717) is 0 Å².